The quantitative estimate of drug-likeness (QED) is 0.445. The molecular formula is C27H30F3N5O2. The van der Waals surface area contributed by atoms with E-state index in [-0.39, 0.29) is 11.1 Å². The standard InChI is InChI=1S/C27H30F3N5O2/c1-14-17-11-26(14,12-17)13-37-23-9-20-21(10-22(23)36-3)35-5-4-32-25(35)34-24(20)33-15(2)16-6-18(27(28,29)30)8-19(31)7-16/h6-10,14-15,17H,4-5,11-13,31H2,1-3H3,(H,32,33,34)/t14-,15+,17?,26?/m0/s1. The minimum atomic E-state index is -4.50. The Bertz CT molecular complexity index is 1460. The minimum Gasteiger partial charge on any atom is -0.493 e. The fraction of sp³-hybridized carbons (Fsp3) is 0.481. The number of aromatic nitrogens is 2. The third-order valence-electron chi connectivity index (χ3n) is 8.53. The normalized spacial score (nSPS) is 25.2. The van der Waals surface area contributed by atoms with Gasteiger partial charge in [0.25, 0.3) is 0 Å². The highest BCUT2D eigenvalue weighted by molar-refractivity contribution is 5.83. The minimum absolute atomic E-state index is 0.0409. The van der Waals surface area contributed by atoms with Crippen molar-refractivity contribution in [2.75, 3.05) is 31.3 Å². The van der Waals surface area contributed by atoms with E-state index in [0.717, 1.165) is 35.5 Å². The molecule has 4 aliphatic rings. The number of anilines is 2. The van der Waals surface area contributed by atoms with Gasteiger partial charge in [-0.2, -0.15) is 18.2 Å². The predicted octanol–water partition coefficient (Wildman–Crippen LogP) is 5.16. The van der Waals surface area contributed by atoms with Crippen LogP contribution in [0.5, 0.6) is 11.5 Å². The van der Waals surface area contributed by atoms with E-state index >= 15 is 0 Å². The fourth-order valence-electron chi connectivity index (χ4n) is 6.00. The number of rotatable bonds is 6. The third-order valence-corrected chi connectivity index (χ3v) is 8.53. The molecule has 3 N–H and O–H groups in total. The van der Waals surface area contributed by atoms with Gasteiger partial charge < -0.3 is 25.1 Å². The van der Waals surface area contributed by atoms with Gasteiger partial charge in [-0.3, -0.25) is 4.99 Å². The maximum absolute atomic E-state index is 13.4. The largest absolute Gasteiger partial charge is 0.493 e. The fourth-order valence-corrected chi connectivity index (χ4v) is 6.00. The summed E-state index contributed by atoms with van der Waals surface area (Å²) in [6.07, 6.45) is -2.08. The van der Waals surface area contributed by atoms with Gasteiger partial charge in [-0.25, -0.2) is 0 Å². The van der Waals surface area contributed by atoms with Gasteiger partial charge in [-0.1, -0.05) is 6.92 Å². The molecule has 0 saturated heterocycles. The van der Waals surface area contributed by atoms with Crippen LogP contribution >= 0.6 is 0 Å². The second-order valence-corrected chi connectivity index (χ2v) is 10.7. The number of fused-ring (bicyclic) bond motifs is 3. The van der Waals surface area contributed by atoms with Crippen molar-refractivity contribution in [3.63, 3.8) is 0 Å². The number of alkyl halides is 3. The molecule has 1 aromatic heterocycles. The van der Waals surface area contributed by atoms with Crippen LogP contribution < -0.4 is 26.0 Å². The summed E-state index contributed by atoms with van der Waals surface area (Å²) in [6, 6.07) is 6.76. The molecule has 0 amide bonds. The maximum Gasteiger partial charge on any atom is 0.416 e. The van der Waals surface area contributed by atoms with Crippen LogP contribution in [0.25, 0.3) is 10.9 Å². The van der Waals surface area contributed by atoms with Crippen molar-refractivity contribution in [1.29, 1.82) is 0 Å². The van der Waals surface area contributed by atoms with Gasteiger partial charge >= 0.3 is 6.18 Å². The van der Waals surface area contributed by atoms with Crippen LogP contribution in [0.1, 0.15) is 43.9 Å². The average molecular weight is 514 g/mol. The molecular weight excluding hydrogens is 483 g/mol. The van der Waals surface area contributed by atoms with Crippen molar-refractivity contribution < 1.29 is 22.6 Å². The van der Waals surface area contributed by atoms with Gasteiger partial charge in [0.1, 0.15) is 0 Å². The number of methoxy groups -OCH3 is 1. The van der Waals surface area contributed by atoms with Crippen LogP contribution in [0, 0.1) is 17.3 Å². The Morgan fingerprint density at radius 3 is 2.65 bits per heavy atom. The van der Waals surface area contributed by atoms with Gasteiger partial charge in [0.15, 0.2) is 17.0 Å². The van der Waals surface area contributed by atoms with E-state index in [2.05, 4.69) is 16.8 Å². The molecule has 10 heteroatoms. The molecule has 2 heterocycles. The Morgan fingerprint density at radius 2 is 2.00 bits per heavy atom. The maximum atomic E-state index is 13.4. The summed E-state index contributed by atoms with van der Waals surface area (Å²) in [5.41, 5.74) is 6.96. The Balaban J connectivity index is 1.44. The number of nitrogen functional groups attached to an aromatic ring is 1. The topological polar surface area (TPSA) is 86.7 Å². The molecule has 196 valence electrons. The molecule has 3 aliphatic carbocycles. The van der Waals surface area contributed by atoms with Gasteiger partial charge in [-0.05, 0) is 61.4 Å². The van der Waals surface area contributed by atoms with Crippen LogP contribution in [0.15, 0.2) is 35.3 Å². The first-order chi connectivity index (χ1) is 17.6. The zero-order chi connectivity index (χ0) is 26.1. The zero-order valence-electron chi connectivity index (χ0n) is 21.0. The lowest BCUT2D eigenvalue weighted by Gasteiger charge is -2.67. The molecule has 3 fully saturated rings. The summed E-state index contributed by atoms with van der Waals surface area (Å²) in [7, 11) is 1.62. The van der Waals surface area contributed by atoms with Gasteiger partial charge in [0.2, 0.25) is 5.95 Å². The highest BCUT2D eigenvalue weighted by Gasteiger charge is 2.63. The number of hydrogen-bond acceptors (Lipinski definition) is 6. The molecule has 0 unspecified atom stereocenters. The summed E-state index contributed by atoms with van der Waals surface area (Å²) in [5, 5.41) is 4.01. The molecule has 7 rings (SSSR count). The van der Waals surface area contributed by atoms with E-state index in [9.17, 15) is 13.2 Å². The molecule has 37 heavy (non-hydrogen) atoms. The molecule has 1 aliphatic heterocycles. The molecule has 3 aromatic rings. The molecule has 0 spiro atoms. The summed E-state index contributed by atoms with van der Waals surface area (Å²) in [5.74, 6) is 3.41. The van der Waals surface area contributed by atoms with E-state index < -0.39 is 17.8 Å². The third kappa shape index (κ3) is 3.88. The predicted molar refractivity (Wildman–Crippen MR) is 134 cm³/mol. The SMILES string of the molecule is COc1cc2c(cc1OCC13CC(C1)[C@@H]3C)c(=N[C@H](C)c1cc(N)cc(C(F)(F)F)c1)nc1n2CCN1. The number of halogens is 3. The van der Waals surface area contributed by atoms with E-state index in [0.29, 0.717) is 47.6 Å². The Morgan fingerprint density at radius 1 is 1.22 bits per heavy atom. The van der Waals surface area contributed by atoms with Crippen molar-refractivity contribution in [1.82, 2.24) is 9.55 Å². The smallest absolute Gasteiger partial charge is 0.416 e. The first-order valence-corrected chi connectivity index (χ1v) is 12.6. The van der Waals surface area contributed by atoms with Crippen LogP contribution in [0.4, 0.5) is 24.8 Å². The molecule has 0 radical (unpaired) electrons. The second kappa shape index (κ2) is 8.29. The Labute approximate surface area is 212 Å². The Kier molecular flexibility index (Phi) is 5.36. The number of nitrogens with zero attached hydrogens (tertiary/aromatic N) is 3. The average Bonchev–Trinajstić information content (AvgIpc) is 3.30. The lowest BCUT2D eigenvalue weighted by atomic mass is 9.38. The van der Waals surface area contributed by atoms with Crippen molar-refractivity contribution in [3.8, 4) is 11.5 Å². The summed E-state index contributed by atoms with van der Waals surface area (Å²) < 4.78 is 54.2. The number of hydrogen-bond donors (Lipinski definition) is 2. The highest BCUT2D eigenvalue weighted by atomic mass is 19.4. The number of ether oxygens (including phenoxy) is 2. The van der Waals surface area contributed by atoms with Gasteiger partial charge in [-0.15, -0.1) is 0 Å². The molecule has 2 aromatic carbocycles. The highest BCUT2D eigenvalue weighted by Crippen LogP contribution is 2.68. The summed E-state index contributed by atoms with van der Waals surface area (Å²) >= 11 is 0. The van der Waals surface area contributed by atoms with Crippen molar-refractivity contribution in [2.24, 2.45) is 22.2 Å². The lowest BCUT2D eigenvalue weighted by molar-refractivity contribution is -0.198. The van der Waals surface area contributed by atoms with Crippen molar-refractivity contribution in [2.45, 2.75) is 45.5 Å². The van der Waals surface area contributed by atoms with E-state index in [1.807, 2.05) is 12.1 Å². The first-order valence-electron chi connectivity index (χ1n) is 12.6. The van der Waals surface area contributed by atoms with Crippen LogP contribution in [0.2, 0.25) is 0 Å². The summed E-state index contributed by atoms with van der Waals surface area (Å²) in [6.45, 7) is 6.10. The molecule has 7 nitrogen and oxygen atoms in total. The summed E-state index contributed by atoms with van der Waals surface area (Å²) in [4.78, 5) is 9.50. The van der Waals surface area contributed by atoms with Crippen molar-refractivity contribution >= 4 is 22.5 Å². The van der Waals surface area contributed by atoms with Crippen molar-refractivity contribution in [3.05, 3.63) is 46.9 Å². The second-order valence-electron chi connectivity index (χ2n) is 10.7. The van der Waals surface area contributed by atoms with Gasteiger partial charge in [0, 0.05) is 35.6 Å². The molecule has 2 bridgehead atoms. The number of benzene rings is 2. The van der Waals surface area contributed by atoms with Crippen LogP contribution in [-0.4, -0.2) is 29.8 Å². The van der Waals surface area contributed by atoms with E-state index in [1.165, 1.54) is 18.9 Å². The zero-order valence-corrected chi connectivity index (χ0v) is 21.0. The molecule has 2 atom stereocenters. The van der Waals surface area contributed by atoms with E-state index in [4.69, 9.17) is 25.2 Å². The number of nitrogens with one attached hydrogen (secondary N) is 1. The first kappa shape index (κ1) is 23.9. The number of nitrogens with two attached hydrogens (primary N) is 1. The monoisotopic (exact) mass is 513 g/mol. The van der Waals surface area contributed by atoms with E-state index in [1.54, 1.807) is 14.0 Å². The van der Waals surface area contributed by atoms with Gasteiger partial charge in [0.05, 0.1) is 30.8 Å². The lowest BCUT2D eigenvalue weighted by Crippen LogP contribution is -2.62. The molecule has 3 saturated carbocycles. The van der Waals surface area contributed by atoms with Crippen LogP contribution in [0.3, 0.4) is 0 Å². The Hall–Kier alpha value is -3.43. The van der Waals surface area contributed by atoms with Crippen LogP contribution in [-0.2, 0) is 12.7 Å².